The molecule has 19 heavy (non-hydrogen) atoms. The van der Waals surface area contributed by atoms with Crippen molar-refractivity contribution in [3.8, 4) is 0 Å². The second kappa shape index (κ2) is 7.01. The molecule has 5 heteroatoms. The molecule has 0 bridgehead atoms. The van der Waals surface area contributed by atoms with E-state index in [9.17, 15) is 0 Å². The zero-order chi connectivity index (χ0) is 13.7. The maximum atomic E-state index is 5.48. The molecule has 3 unspecified atom stereocenters. The molecule has 5 nitrogen and oxygen atoms in total. The molecule has 3 atom stereocenters. The average molecular weight is 267 g/mol. The highest BCUT2D eigenvalue weighted by Gasteiger charge is 2.31. The highest BCUT2D eigenvalue weighted by Crippen LogP contribution is 2.33. The van der Waals surface area contributed by atoms with Crippen LogP contribution in [0.2, 0.25) is 0 Å². The summed E-state index contributed by atoms with van der Waals surface area (Å²) < 4.78 is 10.8. The van der Waals surface area contributed by atoms with Crippen molar-refractivity contribution in [2.24, 2.45) is 0 Å². The van der Waals surface area contributed by atoms with Crippen molar-refractivity contribution < 1.29 is 9.26 Å². The summed E-state index contributed by atoms with van der Waals surface area (Å²) in [4.78, 5) is 4.57. The summed E-state index contributed by atoms with van der Waals surface area (Å²) in [6.45, 7) is 5.19. The zero-order valence-electron chi connectivity index (χ0n) is 12.2. The molecular weight excluding hydrogens is 242 g/mol. The minimum absolute atomic E-state index is 0.0568. The van der Waals surface area contributed by atoms with Crippen LogP contribution in [-0.4, -0.2) is 29.8 Å². The zero-order valence-corrected chi connectivity index (χ0v) is 12.2. The molecule has 0 aliphatic heterocycles. The van der Waals surface area contributed by atoms with E-state index in [0.29, 0.717) is 17.8 Å². The number of methoxy groups -OCH3 is 1. The molecule has 1 aromatic heterocycles. The molecule has 0 radical (unpaired) electrons. The van der Waals surface area contributed by atoms with Gasteiger partial charge >= 0.3 is 0 Å². The van der Waals surface area contributed by atoms with E-state index in [1.54, 1.807) is 7.11 Å². The lowest BCUT2D eigenvalue weighted by molar-refractivity contribution is 0.0903. The van der Waals surface area contributed by atoms with Crippen LogP contribution in [0.4, 0.5) is 0 Å². The SMILES string of the molecule is CCNC1CCCCC1c1nc(C(CC)OC)no1. The van der Waals surface area contributed by atoms with E-state index in [1.165, 1.54) is 19.3 Å². The fourth-order valence-electron chi connectivity index (χ4n) is 2.92. The lowest BCUT2D eigenvalue weighted by Crippen LogP contribution is -2.37. The molecule has 0 aromatic carbocycles. The van der Waals surface area contributed by atoms with E-state index in [-0.39, 0.29) is 6.10 Å². The van der Waals surface area contributed by atoms with Crippen LogP contribution in [0.3, 0.4) is 0 Å². The molecule has 0 saturated heterocycles. The van der Waals surface area contributed by atoms with Crippen LogP contribution in [0.5, 0.6) is 0 Å². The fraction of sp³-hybridized carbons (Fsp3) is 0.857. The quantitative estimate of drug-likeness (QED) is 0.858. The molecule has 1 aromatic rings. The van der Waals surface area contributed by atoms with Crippen molar-refractivity contribution in [1.29, 1.82) is 0 Å². The maximum absolute atomic E-state index is 5.48. The molecule has 0 amide bonds. The lowest BCUT2D eigenvalue weighted by atomic mass is 9.84. The summed E-state index contributed by atoms with van der Waals surface area (Å²) in [6.07, 6.45) is 5.65. The molecule has 1 aliphatic carbocycles. The van der Waals surface area contributed by atoms with Gasteiger partial charge in [0.1, 0.15) is 6.10 Å². The third kappa shape index (κ3) is 3.34. The Bertz CT molecular complexity index is 375. The molecule has 1 heterocycles. The van der Waals surface area contributed by atoms with Gasteiger partial charge in [-0.05, 0) is 25.8 Å². The number of nitrogens with zero attached hydrogens (tertiary/aromatic N) is 2. The highest BCUT2D eigenvalue weighted by atomic mass is 16.5. The van der Waals surface area contributed by atoms with Gasteiger partial charge in [-0.15, -0.1) is 0 Å². The fourth-order valence-corrected chi connectivity index (χ4v) is 2.92. The summed E-state index contributed by atoms with van der Waals surface area (Å²) in [6, 6.07) is 0.467. The molecular formula is C14H25N3O2. The van der Waals surface area contributed by atoms with E-state index in [4.69, 9.17) is 9.26 Å². The van der Waals surface area contributed by atoms with E-state index in [1.807, 2.05) is 0 Å². The van der Waals surface area contributed by atoms with Crippen molar-refractivity contribution in [2.75, 3.05) is 13.7 Å². The Balaban J connectivity index is 2.11. The van der Waals surface area contributed by atoms with Gasteiger partial charge in [-0.2, -0.15) is 4.98 Å². The minimum Gasteiger partial charge on any atom is -0.373 e. The Hall–Kier alpha value is -0.940. The van der Waals surface area contributed by atoms with Gasteiger partial charge in [0.2, 0.25) is 11.7 Å². The summed E-state index contributed by atoms with van der Waals surface area (Å²) in [7, 11) is 1.69. The Kier molecular flexibility index (Phi) is 5.34. The second-order valence-corrected chi connectivity index (χ2v) is 5.18. The van der Waals surface area contributed by atoms with Gasteiger partial charge in [0.15, 0.2) is 0 Å². The average Bonchev–Trinajstić information content (AvgIpc) is 2.91. The first-order valence-electron chi connectivity index (χ1n) is 7.39. The first-order chi connectivity index (χ1) is 9.30. The van der Waals surface area contributed by atoms with Gasteiger partial charge in [0.25, 0.3) is 0 Å². The number of ether oxygens (including phenoxy) is 1. The predicted molar refractivity (Wildman–Crippen MR) is 73.0 cm³/mol. The van der Waals surface area contributed by atoms with Crippen molar-refractivity contribution in [1.82, 2.24) is 15.5 Å². The van der Waals surface area contributed by atoms with Crippen LogP contribution < -0.4 is 5.32 Å². The number of rotatable bonds is 6. The van der Waals surface area contributed by atoms with Crippen LogP contribution in [0.1, 0.15) is 69.7 Å². The van der Waals surface area contributed by atoms with Crippen LogP contribution in [0, 0.1) is 0 Å². The Labute approximate surface area is 115 Å². The van der Waals surface area contributed by atoms with E-state index >= 15 is 0 Å². The van der Waals surface area contributed by atoms with Crippen molar-refractivity contribution >= 4 is 0 Å². The van der Waals surface area contributed by atoms with Crippen molar-refractivity contribution in [2.45, 2.75) is 64.0 Å². The highest BCUT2D eigenvalue weighted by molar-refractivity contribution is 5.02. The minimum atomic E-state index is -0.0568. The number of aromatic nitrogens is 2. The van der Waals surface area contributed by atoms with Gasteiger partial charge in [0, 0.05) is 13.2 Å². The van der Waals surface area contributed by atoms with Crippen LogP contribution in [-0.2, 0) is 4.74 Å². The molecule has 2 rings (SSSR count). The van der Waals surface area contributed by atoms with Crippen LogP contribution >= 0.6 is 0 Å². The molecule has 0 spiro atoms. The largest absolute Gasteiger partial charge is 0.373 e. The molecule has 1 aliphatic rings. The summed E-state index contributed by atoms with van der Waals surface area (Å²) in [5, 5.41) is 7.63. The van der Waals surface area contributed by atoms with Gasteiger partial charge in [0.05, 0.1) is 5.92 Å². The number of nitrogens with one attached hydrogen (secondary N) is 1. The smallest absolute Gasteiger partial charge is 0.231 e. The Morgan fingerprint density at radius 2 is 2.16 bits per heavy atom. The van der Waals surface area contributed by atoms with E-state index in [0.717, 1.165) is 25.3 Å². The Morgan fingerprint density at radius 3 is 2.84 bits per heavy atom. The van der Waals surface area contributed by atoms with E-state index < -0.39 is 0 Å². The molecule has 1 saturated carbocycles. The molecule has 108 valence electrons. The first-order valence-corrected chi connectivity index (χ1v) is 7.39. The van der Waals surface area contributed by atoms with Crippen molar-refractivity contribution in [3.05, 3.63) is 11.7 Å². The van der Waals surface area contributed by atoms with Gasteiger partial charge < -0.3 is 14.6 Å². The Morgan fingerprint density at radius 1 is 1.37 bits per heavy atom. The monoisotopic (exact) mass is 267 g/mol. The van der Waals surface area contributed by atoms with Crippen LogP contribution in [0.25, 0.3) is 0 Å². The summed E-state index contributed by atoms with van der Waals surface area (Å²) in [5.74, 6) is 1.81. The standard InChI is InChI=1S/C14H25N3O2/c1-4-12(18-3)13-16-14(19-17-13)10-8-6-7-9-11(10)15-5-2/h10-12,15H,4-9H2,1-3H3. The summed E-state index contributed by atoms with van der Waals surface area (Å²) in [5.41, 5.74) is 0. The van der Waals surface area contributed by atoms with Gasteiger partial charge in [-0.3, -0.25) is 0 Å². The normalized spacial score (nSPS) is 25.4. The number of hydrogen-bond donors (Lipinski definition) is 1. The summed E-state index contributed by atoms with van der Waals surface area (Å²) >= 11 is 0. The van der Waals surface area contributed by atoms with Gasteiger partial charge in [-0.1, -0.05) is 31.8 Å². The van der Waals surface area contributed by atoms with Gasteiger partial charge in [-0.25, -0.2) is 0 Å². The molecule has 1 N–H and O–H groups in total. The number of likely N-dealkylation sites (N-methyl/N-ethyl adjacent to an activating group) is 1. The molecule has 1 fully saturated rings. The number of hydrogen-bond acceptors (Lipinski definition) is 5. The third-order valence-corrected chi connectivity index (χ3v) is 3.95. The topological polar surface area (TPSA) is 60.2 Å². The van der Waals surface area contributed by atoms with Crippen LogP contribution in [0.15, 0.2) is 4.52 Å². The predicted octanol–water partition coefficient (Wildman–Crippen LogP) is 2.80. The maximum Gasteiger partial charge on any atom is 0.231 e. The lowest BCUT2D eigenvalue weighted by Gasteiger charge is -2.29. The first kappa shape index (κ1) is 14.5. The van der Waals surface area contributed by atoms with E-state index in [2.05, 4.69) is 29.3 Å². The second-order valence-electron chi connectivity index (χ2n) is 5.18. The third-order valence-electron chi connectivity index (χ3n) is 3.95. The van der Waals surface area contributed by atoms with Crippen molar-refractivity contribution in [3.63, 3.8) is 0 Å².